The molecule has 1 aliphatic rings. The number of nitrogens with one attached hydrogen (secondary N) is 2. The third kappa shape index (κ3) is 2.87. The number of anilines is 1. The van der Waals surface area contributed by atoms with Gasteiger partial charge in [-0.2, -0.15) is 0 Å². The fourth-order valence-electron chi connectivity index (χ4n) is 1.95. The van der Waals surface area contributed by atoms with E-state index in [-0.39, 0.29) is 22.5 Å². The Balaban J connectivity index is 2.21. The van der Waals surface area contributed by atoms with E-state index >= 15 is 0 Å². The number of carbonyl (C=O) groups is 1. The van der Waals surface area contributed by atoms with Gasteiger partial charge in [0.2, 0.25) is 15.9 Å². The van der Waals surface area contributed by atoms with E-state index in [4.69, 9.17) is 5.14 Å². The molecule has 98 valence electrons. The molecular weight excluding hydrogens is 254 g/mol. The van der Waals surface area contributed by atoms with Crippen LogP contribution in [0.3, 0.4) is 0 Å². The third-order valence-corrected chi connectivity index (χ3v) is 3.80. The minimum Gasteiger partial charge on any atom is -0.324 e. The maximum atomic E-state index is 11.9. The van der Waals surface area contributed by atoms with Gasteiger partial charge in [-0.15, -0.1) is 0 Å². The van der Waals surface area contributed by atoms with Gasteiger partial charge in [0.15, 0.2) is 0 Å². The maximum absolute atomic E-state index is 11.9. The second-order valence-electron chi connectivity index (χ2n) is 4.18. The van der Waals surface area contributed by atoms with E-state index in [0.29, 0.717) is 0 Å². The third-order valence-electron chi connectivity index (χ3n) is 2.83. The van der Waals surface area contributed by atoms with Gasteiger partial charge >= 0.3 is 0 Å². The first-order chi connectivity index (χ1) is 8.48. The van der Waals surface area contributed by atoms with E-state index in [1.807, 2.05) is 0 Å². The number of primary sulfonamides is 1. The van der Waals surface area contributed by atoms with Crippen LogP contribution in [-0.2, 0) is 14.8 Å². The highest BCUT2D eigenvalue weighted by Gasteiger charge is 2.23. The zero-order valence-corrected chi connectivity index (χ0v) is 10.5. The molecule has 0 aliphatic carbocycles. The zero-order valence-electron chi connectivity index (χ0n) is 9.72. The molecule has 1 fully saturated rings. The minimum atomic E-state index is -3.84. The van der Waals surface area contributed by atoms with Gasteiger partial charge in [-0.1, -0.05) is 12.1 Å². The summed E-state index contributed by atoms with van der Waals surface area (Å²) in [5, 5.41) is 10.7. The number of nitrogens with two attached hydrogens (primary N) is 1. The van der Waals surface area contributed by atoms with Crippen LogP contribution in [0.2, 0.25) is 0 Å². The number of hydrogen-bond donors (Lipinski definition) is 3. The SMILES string of the molecule is NS(=O)(=O)c1ccccc1NC(=O)C1CCCN1. The Kier molecular flexibility index (Phi) is 3.65. The lowest BCUT2D eigenvalue weighted by Gasteiger charge is -2.13. The smallest absolute Gasteiger partial charge is 0.241 e. The summed E-state index contributed by atoms with van der Waals surface area (Å²) in [5.74, 6) is -0.233. The molecule has 0 aromatic heterocycles. The Labute approximate surface area is 106 Å². The topological polar surface area (TPSA) is 101 Å². The lowest BCUT2D eigenvalue weighted by Crippen LogP contribution is -2.36. The van der Waals surface area contributed by atoms with E-state index < -0.39 is 10.0 Å². The number of carbonyl (C=O) groups excluding carboxylic acids is 1. The average Bonchev–Trinajstić information content (AvgIpc) is 2.81. The standard InChI is InChI=1S/C11H15N3O3S/c12-18(16,17)10-6-2-1-4-8(10)14-11(15)9-5-3-7-13-9/h1-2,4,6,9,13H,3,5,7H2,(H,14,15)(H2,12,16,17). The highest BCUT2D eigenvalue weighted by atomic mass is 32.2. The molecule has 1 aromatic rings. The molecule has 1 saturated heterocycles. The van der Waals surface area contributed by atoms with Crippen molar-refractivity contribution in [2.75, 3.05) is 11.9 Å². The highest BCUT2D eigenvalue weighted by molar-refractivity contribution is 7.89. The van der Waals surface area contributed by atoms with Gasteiger partial charge < -0.3 is 10.6 Å². The molecule has 0 radical (unpaired) electrons. The van der Waals surface area contributed by atoms with Gasteiger partial charge in [0.25, 0.3) is 0 Å². The first kappa shape index (κ1) is 13.0. The Morgan fingerprint density at radius 2 is 2.11 bits per heavy atom. The quantitative estimate of drug-likeness (QED) is 0.720. The average molecular weight is 269 g/mol. The van der Waals surface area contributed by atoms with Crippen molar-refractivity contribution in [2.24, 2.45) is 5.14 Å². The molecule has 1 amide bonds. The van der Waals surface area contributed by atoms with Gasteiger partial charge in [0.1, 0.15) is 4.90 Å². The number of para-hydroxylation sites is 1. The normalized spacial score (nSPS) is 19.7. The molecule has 1 aromatic carbocycles. The van der Waals surface area contributed by atoms with Crippen molar-refractivity contribution in [3.8, 4) is 0 Å². The van der Waals surface area contributed by atoms with Crippen molar-refractivity contribution in [3.05, 3.63) is 24.3 Å². The molecule has 18 heavy (non-hydrogen) atoms. The molecule has 4 N–H and O–H groups in total. The lowest BCUT2D eigenvalue weighted by atomic mass is 10.2. The van der Waals surface area contributed by atoms with Crippen LogP contribution in [-0.4, -0.2) is 26.9 Å². The summed E-state index contributed by atoms with van der Waals surface area (Å²) in [7, 11) is -3.84. The lowest BCUT2D eigenvalue weighted by molar-refractivity contribution is -0.117. The number of benzene rings is 1. The monoisotopic (exact) mass is 269 g/mol. The second-order valence-corrected chi connectivity index (χ2v) is 5.71. The molecule has 0 saturated carbocycles. The van der Waals surface area contributed by atoms with Crippen molar-refractivity contribution in [2.45, 2.75) is 23.8 Å². The van der Waals surface area contributed by atoms with Gasteiger partial charge in [0.05, 0.1) is 11.7 Å². The second kappa shape index (κ2) is 5.05. The van der Waals surface area contributed by atoms with Gasteiger partial charge in [-0.05, 0) is 31.5 Å². The molecule has 1 unspecified atom stereocenters. The Bertz CT molecular complexity index is 550. The number of hydrogen-bond acceptors (Lipinski definition) is 4. The van der Waals surface area contributed by atoms with E-state index in [1.54, 1.807) is 12.1 Å². The van der Waals surface area contributed by atoms with Crippen LogP contribution in [0.5, 0.6) is 0 Å². The van der Waals surface area contributed by atoms with Crippen LogP contribution in [0.1, 0.15) is 12.8 Å². The summed E-state index contributed by atoms with van der Waals surface area (Å²) in [6, 6.07) is 5.83. The zero-order chi connectivity index (χ0) is 13.2. The van der Waals surface area contributed by atoms with E-state index in [1.165, 1.54) is 12.1 Å². The molecule has 1 heterocycles. The largest absolute Gasteiger partial charge is 0.324 e. The maximum Gasteiger partial charge on any atom is 0.241 e. The Hall–Kier alpha value is -1.44. The molecule has 1 aliphatic heterocycles. The summed E-state index contributed by atoms with van der Waals surface area (Å²) in [6.07, 6.45) is 1.69. The number of rotatable bonds is 3. The van der Waals surface area contributed by atoms with Gasteiger partial charge in [-0.25, -0.2) is 13.6 Å². The van der Waals surface area contributed by atoms with E-state index in [0.717, 1.165) is 19.4 Å². The van der Waals surface area contributed by atoms with Crippen LogP contribution in [0.15, 0.2) is 29.2 Å². The van der Waals surface area contributed by atoms with E-state index in [9.17, 15) is 13.2 Å². The van der Waals surface area contributed by atoms with Crippen LogP contribution in [0.25, 0.3) is 0 Å². The summed E-state index contributed by atoms with van der Waals surface area (Å²) >= 11 is 0. The molecule has 1 atom stereocenters. The van der Waals surface area contributed by atoms with Crippen molar-refractivity contribution < 1.29 is 13.2 Å². The molecule has 6 nitrogen and oxygen atoms in total. The van der Waals surface area contributed by atoms with Crippen molar-refractivity contribution in [1.82, 2.24) is 5.32 Å². The van der Waals surface area contributed by atoms with Gasteiger partial charge in [0, 0.05) is 0 Å². The first-order valence-electron chi connectivity index (χ1n) is 5.64. The molecule has 2 rings (SSSR count). The van der Waals surface area contributed by atoms with Gasteiger partial charge in [-0.3, -0.25) is 4.79 Å². The Morgan fingerprint density at radius 3 is 2.72 bits per heavy atom. The molecule has 0 bridgehead atoms. The molecule has 0 spiro atoms. The predicted octanol–water partition coefficient (Wildman–Crippen LogP) is 0.0245. The molecular formula is C11H15N3O3S. The number of sulfonamides is 1. The summed E-state index contributed by atoms with van der Waals surface area (Å²) in [4.78, 5) is 11.8. The fourth-order valence-corrected chi connectivity index (χ4v) is 2.64. The summed E-state index contributed by atoms with van der Waals surface area (Å²) in [5.41, 5.74) is 0.221. The van der Waals surface area contributed by atoms with E-state index in [2.05, 4.69) is 10.6 Å². The summed E-state index contributed by atoms with van der Waals surface area (Å²) in [6.45, 7) is 0.801. The highest BCUT2D eigenvalue weighted by Crippen LogP contribution is 2.20. The molecule has 7 heteroatoms. The van der Waals surface area contributed by atoms with Crippen LogP contribution in [0, 0.1) is 0 Å². The Morgan fingerprint density at radius 1 is 1.39 bits per heavy atom. The van der Waals surface area contributed by atoms with Crippen LogP contribution >= 0.6 is 0 Å². The van der Waals surface area contributed by atoms with Crippen molar-refractivity contribution >= 4 is 21.6 Å². The van der Waals surface area contributed by atoms with Crippen LogP contribution < -0.4 is 15.8 Å². The first-order valence-corrected chi connectivity index (χ1v) is 7.19. The summed E-state index contributed by atoms with van der Waals surface area (Å²) < 4.78 is 22.7. The van der Waals surface area contributed by atoms with Crippen molar-refractivity contribution in [1.29, 1.82) is 0 Å². The number of amides is 1. The minimum absolute atomic E-state index is 0.0728. The van der Waals surface area contributed by atoms with Crippen molar-refractivity contribution in [3.63, 3.8) is 0 Å². The predicted molar refractivity (Wildman–Crippen MR) is 67.5 cm³/mol. The van der Waals surface area contributed by atoms with Crippen LogP contribution in [0.4, 0.5) is 5.69 Å². The fraction of sp³-hybridized carbons (Fsp3) is 0.364.